The van der Waals surface area contributed by atoms with Gasteiger partial charge in [0.15, 0.2) is 0 Å². The number of anilines is 1. The molecule has 148 valence electrons. The molecule has 3 rings (SSSR count). The van der Waals surface area contributed by atoms with Gasteiger partial charge in [0.25, 0.3) is 5.56 Å². The molecule has 8 heteroatoms. The highest BCUT2D eigenvalue weighted by Gasteiger charge is 2.30. The van der Waals surface area contributed by atoms with E-state index < -0.39 is 11.7 Å². The van der Waals surface area contributed by atoms with Crippen molar-refractivity contribution in [2.45, 2.75) is 6.18 Å². The van der Waals surface area contributed by atoms with Crippen LogP contribution >= 0.6 is 0 Å². The van der Waals surface area contributed by atoms with Crippen LogP contribution in [0, 0.1) is 0 Å². The zero-order valence-corrected chi connectivity index (χ0v) is 15.9. The second-order valence-corrected chi connectivity index (χ2v) is 6.86. The van der Waals surface area contributed by atoms with Crippen LogP contribution in [0.25, 0.3) is 16.6 Å². The van der Waals surface area contributed by atoms with Gasteiger partial charge in [-0.2, -0.15) is 13.2 Å². The van der Waals surface area contributed by atoms with Gasteiger partial charge in [0.05, 0.1) is 27.8 Å². The van der Waals surface area contributed by atoms with Gasteiger partial charge in [-0.05, 0) is 50.5 Å². The number of fused-ring (bicyclic) bond motifs is 1. The number of halogens is 3. The lowest BCUT2D eigenvalue weighted by Gasteiger charge is -2.23. The average molecular weight is 390 g/mol. The summed E-state index contributed by atoms with van der Waals surface area (Å²) in [5.41, 5.74) is 0.526. The van der Waals surface area contributed by atoms with Crippen molar-refractivity contribution in [3.8, 4) is 5.69 Å². The van der Waals surface area contributed by atoms with Crippen LogP contribution in [0.15, 0.2) is 53.6 Å². The number of nitrogens with zero attached hydrogens (tertiary/aromatic N) is 4. The molecule has 2 aromatic carbocycles. The van der Waals surface area contributed by atoms with Gasteiger partial charge in [-0.3, -0.25) is 9.36 Å². The molecule has 0 bridgehead atoms. The van der Waals surface area contributed by atoms with E-state index in [0.717, 1.165) is 24.4 Å². The molecule has 0 atom stereocenters. The first-order valence-electron chi connectivity index (χ1n) is 8.72. The number of aromatic nitrogens is 2. The second kappa shape index (κ2) is 7.63. The minimum absolute atomic E-state index is 0.322. The normalized spacial score (nSPS) is 12.0. The number of benzene rings is 2. The van der Waals surface area contributed by atoms with Crippen molar-refractivity contribution in [3.63, 3.8) is 0 Å². The Morgan fingerprint density at radius 2 is 1.68 bits per heavy atom. The summed E-state index contributed by atoms with van der Waals surface area (Å²) in [7, 11) is 5.83. The summed E-state index contributed by atoms with van der Waals surface area (Å²) in [4.78, 5) is 21.5. The minimum atomic E-state index is -4.42. The predicted octanol–water partition coefficient (Wildman–Crippen LogP) is 3.40. The standard InChI is InChI=1S/C20H21F3N4O/c1-25(2)11-12-26(3)17-6-4-5-16-18(17)19(28)27(13-24-16)15-9-7-14(8-10-15)20(21,22)23/h4-10,13H,11-12H2,1-3H3. The molecule has 0 amide bonds. The van der Waals surface area contributed by atoms with Crippen LogP contribution in [-0.4, -0.2) is 48.7 Å². The number of hydrogen-bond acceptors (Lipinski definition) is 4. The molecule has 3 aromatic rings. The van der Waals surface area contributed by atoms with Crippen molar-refractivity contribution in [1.82, 2.24) is 14.5 Å². The van der Waals surface area contributed by atoms with Gasteiger partial charge < -0.3 is 9.80 Å². The van der Waals surface area contributed by atoms with Gasteiger partial charge in [-0.25, -0.2) is 4.98 Å². The molecular weight excluding hydrogens is 369 g/mol. The summed E-state index contributed by atoms with van der Waals surface area (Å²) in [6.07, 6.45) is -3.08. The Kier molecular flexibility index (Phi) is 5.42. The first-order valence-corrected chi connectivity index (χ1v) is 8.72. The van der Waals surface area contributed by atoms with Gasteiger partial charge in [0, 0.05) is 20.1 Å². The van der Waals surface area contributed by atoms with Crippen LogP contribution in [0.2, 0.25) is 0 Å². The van der Waals surface area contributed by atoms with Crippen molar-refractivity contribution in [3.05, 3.63) is 64.7 Å². The van der Waals surface area contributed by atoms with E-state index in [9.17, 15) is 18.0 Å². The van der Waals surface area contributed by atoms with Gasteiger partial charge in [-0.1, -0.05) is 6.07 Å². The first kappa shape index (κ1) is 19.9. The van der Waals surface area contributed by atoms with Crippen molar-refractivity contribution < 1.29 is 13.2 Å². The lowest BCUT2D eigenvalue weighted by molar-refractivity contribution is -0.137. The Bertz CT molecular complexity index is 1030. The zero-order chi connectivity index (χ0) is 20.5. The Balaban J connectivity index is 2.07. The van der Waals surface area contributed by atoms with Crippen LogP contribution in [0.4, 0.5) is 18.9 Å². The lowest BCUT2D eigenvalue weighted by atomic mass is 10.1. The van der Waals surface area contributed by atoms with Gasteiger partial charge >= 0.3 is 6.18 Å². The highest BCUT2D eigenvalue weighted by atomic mass is 19.4. The predicted molar refractivity (Wildman–Crippen MR) is 104 cm³/mol. The Morgan fingerprint density at radius 3 is 2.29 bits per heavy atom. The van der Waals surface area contributed by atoms with Gasteiger partial charge in [0.2, 0.25) is 0 Å². The third-order valence-corrected chi connectivity index (χ3v) is 4.53. The van der Waals surface area contributed by atoms with E-state index in [1.807, 2.05) is 43.1 Å². The van der Waals surface area contributed by atoms with Gasteiger partial charge in [0.1, 0.15) is 6.33 Å². The number of likely N-dealkylation sites (N-methyl/N-ethyl adjacent to an activating group) is 2. The Morgan fingerprint density at radius 1 is 1.00 bits per heavy atom. The largest absolute Gasteiger partial charge is 0.416 e. The summed E-state index contributed by atoms with van der Waals surface area (Å²) in [6.45, 7) is 1.51. The SMILES string of the molecule is CN(C)CCN(C)c1cccc2ncn(-c3ccc(C(F)(F)F)cc3)c(=O)c12. The van der Waals surface area contributed by atoms with E-state index in [1.54, 1.807) is 6.07 Å². The molecule has 0 unspecified atom stereocenters. The summed E-state index contributed by atoms with van der Waals surface area (Å²) < 4.78 is 39.6. The molecule has 0 fully saturated rings. The summed E-state index contributed by atoms with van der Waals surface area (Å²) in [5, 5.41) is 0.436. The molecule has 0 aliphatic heterocycles. The highest BCUT2D eigenvalue weighted by molar-refractivity contribution is 5.91. The van der Waals surface area contributed by atoms with Crippen molar-refractivity contribution >= 4 is 16.6 Å². The van der Waals surface area contributed by atoms with E-state index in [-0.39, 0.29) is 5.56 Å². The molecule has 1 heterocycles. The van der Waals surface area contributed by atoms with Crippen LogP contribution in [0.5, 0.6) is 0 Å². The van der Waals surface area contributed by atoms with Crippen LogP contribution in [-0.2, 0) is 6.18 Å². The second-order valence-electron chi connectivity index (χ2n) is 6.86. The quantitative estimate of drug-likeness (QED) is 0.670. The Labute approximate surface area is 160 Å². The van der Waals surface area contributed by atoms with Crippen molar-refractivity contribution in [1.29, 1.82) is 0 Å². The van der Waals surface area contributed by atoms with E-state index in [0.29, 0.717) is 23.1 Å². The average Bonchev–Trinajstić information content (AvgIpc) is 2.65. The zero-order valence-electron chi connectivity index (χ0n) is 15.9. The molecule has 0 saturated heterocycles. The number of rotatable bonds is 5. The Hall–Kier alpha value is -2.87. The fraction of sp³-hybridized carbons (Fsp3) is 0.300. The summed E-state index contributed by atoms with van der Waals surface area (Å²) in [6, 6.07) is 9.89. The maximum absolute atomic E-state index is 13.1. The maximum atomic E-state index is 13.1. The molecule has 28 heavy (non-hydrogen) atoms. The van der Waals surface area contributed by atoms with E-state index in [4.69, 9.17) is 0 Å². The molecule has 1 aromatic heterocycles. The van der Waals surface area contributed by atoms with Crippen molar-refractivity contribution in [2.24, 2.45) is 0 Å². The molecule has 5 nitrogen and oxygen atoms in total. The number of hydrogen-bond donors (Lipinski definition) is 0. The maximum Gasteiger partial charge on any atom is 0.416 e. The van der Waals surface area contributed by atoms with E-state index in [1.165, 1.54) is 23.0 Å². The topological polar surface area (TPSA) is 41.4 Å². The fourth-order valence-corrected chi connectivity index (χ4v) is 2.93. The molecule has 0 radical (unpaired) electrons. The molecule has 0 aliphatic carbocycles. The third-order valence-electron chi connectivity index (χ3n) is 4.53. The molecular formula is C20H21F3N4O. The molecule has 0 spiro atoms. The van der Waals surface area contributed by atoms with Crippen LogP contribution in [0.1, 0.15) is 5.56 Å². The fourth-order valence-electron chi connectivity index (χ4n) is 2.93. The third kappa shape index (κ3) is 4.01. The molecule has 0 aliphatic rings. The monoisotopic (exact) mass is 390 g/mol. The van der Waals surface area contributed by atoms with Crippen LogP contribution < -0.4 is 10.5 Å². The smallest absolute Gasteiger partial charge is 0.373 e. The van der Waals surface area contributed by atoms with Crippen molar-refractivity contribution in [2.75, 3.05) is 39.1 Å². The van der Waals surface area contributed by atoms with E-state index in [2.05, 4.69) is 4.98 Å². The van der Waals surface area contributed by atoms with Crippen LogP contribution in [0.3, 0.4) is 0 Å². The lowest BCUT2D eigenvalue weighted by Crippen LogP contribution is -2.30. The van der Waals surface area contributed by atoms with Gasteiger partial charge in [-0.15, -0.1) is 0 Å². The number of alkyl halides is 3. The molecule has 0 N–H and O–H groups in total. The van der Waals surface area contributed by atoms with E-state index >= 15 is 0 Å². The summed E-state index contributed by atoms with van der Waals surface area (Å²) in [5.74, 6) is 0. The molecule has 0 saturated carbocycles. The minimum Gasteiger partial charge on any atom is -0.373 e. The summed E-state index contributed by atoms with van der Waals surface area (Å²) >= 11 is 0. The first-order chi connectivity index (χ1) is 13.2. The highest BCUT2D eigenvalue weighted by Crippen LogP contribution is 2.29.